The fraction of sp³-hybridized carbons (Fsp3) is 0.364. The summed E-state index contributed by atoms with van der Waals surface area (Å²) in [6.07, 6.45) is 1.29. The minimum absolute atomic E-state index is 0.207. The predicted octanol–water partition coefficient (Wildman–Crippen LogP) is 3.02. The van der Waals surface area contributed by atoms with E-state index in [1.54, 1.807) is 17.8 Å². The lowest BCUT2D eigenvalue weighted by molar-refractivity contribution is 0.618. The zero-order valence-corrected chi connectivity index (χ0v) is 8.98. The van der Waals surface area contributed by atoms with E-state index in [4.69, 9.17) is 5.26 Å². The van der Waals surface area contributed by atoms with E-state index in [0.29, 0.717) is 12.1 Å². The van der Waals surface area contributed by atoms with Gasteiger partial charge in [-0.1, -0.05) is 6.07 Å². The van der Waals surface area contributed by atoms with Crippen LogP contribution in [0.2, 0.25) is 0 Å². The summed E-state index contributed by atoms with van der Waals surface area (Å²) in [6.45, 7) is 0. The summed E-state index contributed by atoms with van der Waals surface area (Å²) in [5, 5.41) is 11.6. The van der Waals surface area contributed by atoms with Crippen LogP contribution in [0.25, 0.3) is 0 Å². The molecular weight excluding hydrogens is 211 g/mol. The van der Waals surface area contributed by atoms with Gasteiger partial charge in [-0.2, -0.15) is 5.26 Å². The van der Waals surface area contributed by atoms with Crippen LogP contribution in [0, 0.1) is 17.1 Å². The third-order valence-electron chi connectivity index (χ3n) is 2.37. The number of fused-ring (bicyclic) bond motifs is 1. The van der Waals surface area contributed by atoms with Gasteiger partial charge in [0.25, 0.3) is 0 Å². The van der Waals surface area contributed by atoms with Crippen molar-refractivity contribution < 1.29 is 4.39 Å². The Hall–Kier alpha value is -1.21. The average molecular weight is 222 g/mol. The SMILES string of the molecule is N#CCCC1CSc2cccc(F)c2N1. The third-order valence-corrected chi connectivity index (χ3v) is 3.59. The highest BCUT2D eigenvalue weighted by Gasteiger charge is 2.20. The number of nitrogens with one attached hydrogen (secondary N) is 1. The van der Waals surface area contributed by atoms with E-state index in [9.17, 15) is 4.39 Å². The number of para-hydroxylation sites is 1. The van der Waals surface area contributed by atoms with Crippen LogP contribution in [-0.2, 0) is 0 Å². The highest BCUT2D eigenvalue weighted by atomic mass is 32.2. The number of halogens is 1. The van der Waals surface area contributed by atoms with Gasteiger partial charge in [-0.15, -0.1) is 11.8 Å². The molecule has 1 aromatic rings. The molecule has 0 bridgehead atoms. The molecule has 1 unspecified atom stereocenters. The molecule has 0 aromatic heterocycles. The first-order valence-electron chi connectivity index (χ1n) is 4.86. The maximum absolute atomic E-state index is 13.4. The zero-order chi connectivity index (χ0) is 10.7. The van der Waals surface area contributed by atoms with E-state index in [2.05, 4.69) is 11.4 Å². The molecule has 1 atom stereocenters. The number of thioether (sulfide) groups is 1. The fourth-order valence-corrected chi connectivity index (χ4v) is 2.70. The van der Waals surface area contributed by atoms with Crippen molar-refractivity contribution in [1.29, 1.82) is 5.26 Å². The van der Waals surface area contributed by atoms with Crippen LogP contribution in [0.5, 0.6) is 0 Å². The van der Waals surface area contributed by atoms with E-state index in [-0.39, 0.29) is 11.9 Å². The number of hydrogen-bond donors (Lipinski definition) is 1. The molecule has 0 radical (unpaired) electrons. The first-order valence-corrected chi connectivity index (χ1v) is 5.84. The van der Waals surface area contributed by atoms with Gasteiger partial charge in [0.2, 0.25) is 0 Å². The molecule has 0 saturated heterocycles. The van der Waals surface area contributed by atoms with Crippen molar-refractivity contribution in [3.05, 3.63) is 24.0 Å². The topological polar surface area (TPSA) is 35.8 Å². The molecule has 15 heavy (non-hydrogen) atoms. The van der Waals surface area contributed by atoms with Crippen molar-refractivity contribution in [3.63, 3.8) is 0 Å². The Labute approximate surface area is 92.5 Å². The van der Waals surface area contributed by atoms with E-state index < -0.39 is 0 Å². The summed E-state index contributed by atoms with van der Waals surface area (Å²) in [5.74, 6) is 0.694. The standard InChI is InChI=1S/C11H11FN2S/c12-9-4-1-5-10-11(9)14-8(7-15-10)3-2-6-13/h1,4-5,8,14H,2-3,7H2. The van der Waals surface area contributed by atoms with Crippen molar-refractivity contribution >= 4 is 17.4 Å². The number of anilines is 1. The largest absolute Gasteiger partial charge is 0.378 e. The monoisotopic (exact) mass is 222 g/mol. The summed E-state index contributed by atoms with van der Waals surface area (Å²) in [4.78, 5) is 0.961. The van der Waals surface area contributed by atoms with E-state index in [1.165, 1.54) is 6.07 Å². The van der Waals surface area contributed by atoms with Crippen LogP contribution in [0.4, 0.5) is 10.1 Å². The van der Waals surface area contributed by atoms with Gasteiger partial charge in [-0.05, 0) is 18.6 Å². The molecule has 1 aromatic carbocycles. The second kappa shape index (κ2) is 4.54. The molecule has 2 rings (SSSR count). The Morgan fingerprint density at radius 1 is 1.60 bits per heavy atom. The second-order valence-corrected chi connectivity index (χ2v) is 4.52. The van der Waals surface area contributed by atoms with Crippen molar-refractivity contribution in [2.75, 3.05) is 11.1 Å². The van der Waals surface area contributed by atoms with E-state index >= 15 is 0 Å². The smallest absolute Gasteiger partial charge is 0.147 e. The Morgan fingerprint density at radius 2 is 2.47 bits per heavy atom. The Kier molecular flexibility index (Phi) is 3.12. The lowest BCUT2D eigenvalue weighted by atomic mass is 10.1. The maximum Gasteiger partial charge on any atom is 0.147 e. The Balaban J connectivity index is 2.12. The molecule has 1 aliphatic rings. The van der Waals surface area contributed by atoms with Gasteiger partial charge >= 0.3 is 0 Å². The lowest BCUT2D eigenvalue weighted by Crippen LogP contribution is -2.26. The molecule has 2 nitrogen and oxygen atoms in total. The molecule has 0 fully saturated rings. The van der Waals surface area contributed by atoms with Crippen LogP contribution in [0.3, 0.4) is 0 Å². The minimum Gasteiger partial charge on any atom is -0.378 e. The quantitative estimate of drug-likeness (QED) is 0.835. The molecule has 1 heterocycles. The van der Waals surface area contributed by atoms with Crippen molar-refractivity contribution in [2.45, 2.75) is 23.8 Å². The third kappa shape index (κ3) is 2.24. The van der Waals surface area contributed by atoms with Crippen LogP contribution in [0.1, 0.15) is 12.8 Å². The molecule has 1 N–H and O–H groups in total. The number of hydrogen-bond acceptors (Lipinski definition) is 3. The average Bonchev–Trinajstić information content (AvgIpc) is 2.27. The predicted molar refractivity (Wildman–Crippen MR) is 59.4 cm³/mol. The van der Waals surface area contributed by atoms with Gasteiger partial charge in [0.1, 0.15) is 5.82 Å². The first-order chi connectivity index (χ1) is 7.31. The molecule has 4 heteroatoms. The molecular formula is C11H11FN2S. The number of benzene rings is 1. The van der Waals surface area contributed by atoms with E-state index in [0.717, 1.165) is 17.1 Å². The molecule has 0 amide bonds. The number of rotatable bonds is 2. The highest BCUT2D eigenvalue weighted by Crippen LogP contribution is 2.35. The van der Waals surface area contributed by atoms with Gasteiger partial charge in [0.05, 0.1) is 11.8 Å². The van der Waals surface area contributed by atoms with Crippen molar-refractivity contribution in [3.8, 4) is 6.07 Å². The van der Waals surface area contributed by atoms with Crippen LogP contribution >= 0.6 is 11.8 Å². The van der Waals surface area contributed by atoms with Gasteiger partial charge in [0, 0.05) is 23.1 Å². The van der Waals surface area contributed by atoms with Crippen LogP contribution in [0.15, 0.2) is 23.1 Å². The van der Waals surface area contributed by atoms with Gasteiger partial charge < -0.3 is 5.32 Å². The van der Waals surface area contributed by atoms with Crippen molar-refractivity contribution in [2.24, 2.45) is 0 Å². The van der Waals surface area contributed by atoms with Crippen molar-refractivity contribution in [1.82, 2.24) is 0 Å². The summed E-state index contributed by atoms with van der Waals surface area (Å²) in [7, 11) is 0. The Morgan fingerprint density at radius 3 is 3.27 bits per heavy atom. The van der Waals surface area contributed by atoms with Crippen LogP contribution < -0.4 is 5.32 Å². The number of nitrogens with zero attached hydrogens (tertiary/aromatic N) is 1. The summed E-state index contributed by atoms with van der Waals surface area (Å²) >= 11 is 1.65. The minimum atomic E-state index is -0.207. The second-order valence-electron chi connectivity index (χ2n) is 3.46. The molecule has 0 spiro atoms. The fourth-order valence-electron chi connectivity index (χ4n) is 1.60. The number of nitriles is 1. The zero-order valence-electron chi connectivity index (χ0n) is 8.16. The Bertz CT molecular complexity index is 400. The summed E-state index contributed by atoms with van der Waals surface area (Å²) in [5.41, 5.74) is 0.594. The molecule has 0 saturated carbocycles. The van der Waals surface area contributed by atoms with E-state index in [1.807, 2.05) is 6.07 Å². The van der Waals surface area contributed by atoms with Crippen LogP contribution in [-0.4, -0.2) is 11.8 Å². The highest BCUT2D eigenvalue weighted by molar-refractivity contribution is 7.99. The molecule has 78 valence electrons. The van der Waals surface area contributed by atoms with Gasteiger partial charge in [-0.25, -0.2) is 4.39 Å². The lowest BCUT2D eigenvalue weighted by Gasteiger charge is -2.26. The molecule has 1 aliphatic heterocycles. The normalized spacial score (nSPS) is 18.8. The van der Waals surface area contributed by atoms with Gasteiger partial charge in [-0.3, -0.25) is 0 Å². The van der Waals surface area contributed by atoms with Gasteiger partial charge in [0.15, 0.2) is 0 Å². The summed E-state index contributed by atoms with van der Waals surface area (Å²) < 4.78 is 13.4. The first kappa shape index (κ1) is 10.3. The molecule has 0 aliphatic carbocycles. The summed E-state index contributed by atoms with van der Waals surface area (Å²) in [6, 6.07) is 7.41. The maximum atomic E-state index is 13.4.